The molecule has 6 nitrogen and oxygen atoms in total. The molecule has 1 aliphatic rings. The molecule has 1 atom stereocenters. The van der Waals surface area contributed by atoms with Crippen LogP contribution in [0, 0.1) is 10.1 Å². The maximum absolute atomic E-state index is 12.0. The number of ether oxygens (including phenoxy) is 1. The second kappa shape index (κ2) is 5.81. The Kier molecular flexibility index (Phi) is 3.91. The number of rotatable bonds is 4. The second-order valence-electron chi connectivity index (χ2n) is 6.39. The summed E-state index contributed by atoms with van der Waals surface area (Å²) in [6, 6.07) is 9.99. The summed E-state index contributed by atoms with van der Waals surface area (Å²) in [6.45, 7) is 3.33. The van der Waals surface area contributed by atoms with E-state index in [2.05, 4.69) is 0 Å². The van der Waals surface area contributed by atoms with Crippen molar-refractivity contribution in [1.82, 2.24) is 0 Å². The van der Waals surface area contributed by atoms with E-state index in [1.54, 1.807) is 18.2 Å². The number of non-ortho nitro benzene ring substituents is 1. The second-order valence-corrected chi connectivity index (χ2v) is 6.39. The number of nitro groups is 1. The Balaban J connectivity index is 2.27. The van der Waals surface area contributed by atoms with Crippen LogP contribution in [-0.2, 0) is 14.9 Å². The molecular weight excluding hydrogens is 322 g/mol. The van der Waals surface area contributed by atoms with Crippen molar-refractivity contribution in [3.63, 3.8) is 0 Å². The molecule has 128 valence electrons. The van der Waals surface area contributed by atoms with Crippen LogP contribution in [0.2, 0.25) is 0 Å². The lowest BCUT2D eigenvalue weighted by atomic mass is 9.77. The molecule has 0 aliphatic heterocycles. The molecule has 2 aromatic carbocycles. The zero-order valence-electron chi connectivity index (χ0n) is 14.2. The van der Waals surface area contributed by atoms with Crippen molar-refractivity contribution in [1.29, 1.82) is 0 Å². The lowest BCUT2D eigenvalue weighted by molar-refractivity contribution is -0.384. The zero-order chi connectivity index (χ0) is 18.4. The molecule has 25 heavy (non-hydrogen) atoms. The molecule has 0 saturated heterocycles. The molecule has 1 aliphatic carbocycles. The summed E-state index contributed by atoms with van der Waals surface area (Å²) in [5.41, 5.74) is 2.92. The predicted molar refractivity (Wildman–Crippen MR) is 91.6 cm³/mol. The Morgan fingerprint density at radius 2 is 1.72 bits per heavy atom. The van der Waals surface area contributed by atoms with E-state index >= 15 is 0 Å². The van der Waals surface area contributed by atoms with Gasteiger partial charge in [0.2, 0.25) is 0 Å². The number of carbonyl (C=O) groups excluding carboxylic acids is 2. The topological polar surface area (TPSA) is 86.5 Å². The molecule has 0 saturated carbocycles. The van der Waals surface area contributed by atoms with E-state index in [1.165, 1.54) is 26.2 Å². The molecule has 0 aromatic heterocycles. The van der Waals surface area contributed by atoms with E-state index in [-0.39, 0.29) is 17.9 Å². The summed E-state index contributed by atoms with van der Waals surface area (Å²) >= 11 is 0. The van der Waals surface area contributed by atoms with Crippen molar-refractivity contribution in [3.05, 3.63) is 63.2 Å². The highest BCUT2D eigenvalue weighted by Gasteiger charge is 2.42. The van der Waals surface area contributed by atoms with Gasteiger partial charge in [-0.2, -0.15) is 0 Å². The first kappa shape index (κ1) is 16.8. The van der Waals surface area contributed by atoms with Gasteiger partial charge >= 0.3 is 5.97 Å². The number of hydrogen-bond donors (Lipinski definition) is 0. The zero-order valence-corrected chi connectivity index (χ0v) is 14.2. The van der Waals surface area contributed by atoms with Gasteiger partial charge in [-0.05, 0) is 41.3 Å². The Morgan fingerprint density at radius 3 is 2.28 bits per heavy atom. The van der Waals surface area contributed by atoms with Crippen LogP contribution in [0.25, 0.3) is 11.1 Å². The van der Waals surface area contributed by atoms with E-state index in [4.69, 9.17) is 4.74 Å². The van der Waals surface area contributed by atoms with Gasteiger partial charge in [0, 0.05) is 23.1 Å². The third-order valence-corrected chi connectivity index (χ3v) is 4.84. The minimum absolute atomic E-state index is 0.0329. The number of nitro benzene ring substituents is 1. The minimum atomic E-state index is -0.796. The number of hydrogen-bond acceptors (Lipinski definition) is 5. The fraction of sp³-hybridized carbons (Fsp3) is 0.263. The molecule has 0 heterocycles. The van der Waals surface area contributed by atoms with E-state index in [1.807, 2.05) is 13.0 Å². The van der Waals surface area contributed by atoms with Crippen LogP contribution >= 0.6 is 0 Å². The molecule has 3 rings (SSSR count). The van der Waals surface area contributed by atoms with Gasteiger partial charge in [0.1, 0.15) is 0 Å². The SMILES string of the molecule is COC(=O)CC1(C)c2cc(C(C)=O)ccc2-c2ccc([N+](=O)[O-])cc21. The third kappa shape index (κ3) is 2.59. The molecule has 0 bridgehead atoms. The summed E-state index contributed by atoms with van der Waals surface area (Å²) in [7, 11) is 1.31. The molecular formula is C19H17NO5. The predicted octanol–water partition coefficient (Wildman–Crippen LogP) is 3.65. The molecule has 2 aromatic rings. The van der Waals surface area contributed by atoms with Gasteiger partial charge in [-0.1, -0.05) is 19.1 Å². The van der Waals surface area contributed by atoms with E-state index in [9.17, 15) is 19.7 Å². The summed E-state index contributed by atoms with van der Waals surface area (Å²) in [5.74, 6) is -0.494. The summed E-state index contributed by atoms with van der Waals surface area (Å²) < 4.78 is 4.82. The Labute approximate surface area is 144 Å². The number of carbonyl (C=O) groups is 2. The molecule has 0 fully saturated rings. The third-order valence-electron chi connectivity index (χ3n) is 4.84. The summed E-state index contributed by atoms with van der Waals surface area (Å²) in [4.78, 5) is 34.5. The molecule has 1 unspecified atom stereocenters. The van der Waals surface area contributed by atoms with Crippen molar-refractivity contribution in [3.8, 4) is 11.1 Å². The Hall–Kier alpha value is -3.02. The highest BCUT2D eigenvalue weighted by molar-refractivity contribution is 5.96. The summed E-state index contributed by atoms with van der Waals surface area (Å²) in [5, 5.41) is 11.2. The molecule has 0 amide bonds. The lowest BCUT2D eigenvalue weighted by Crippen LogP contribution is -2.26. The minimum Gasteiger partial charge on any atom is -0.469 e. The van der Waals surface area contributed by atoms with Crippen LogP contribution < -0.4 is 0 Å². The first-order valence-corrected chi connectivity index (χ1v) is 7.79. The number of ketones is 1. The number of Topliss-reactive ketones (excluding diaryl/α,β-unsaturated/α-hetero) is 1. The first-order chi connectivity index (χ1) is 11.8. The largest absolute Gasteiger partial charge is 0.469 e. The average Bonchev–Trinajstić information content (AvgIpc) is 2.83. The van der Waals surface area contributed by atoms with Gasteiger partial charge in [0.15, 0.2) is 5.78 Å². The van der Waals surface area contributed by atoms with Crippen LogP contribution in [0.5, 0.6) is 0 Å². The number of esters is 1. The van der Waals surface area contributed by atoms with E-state index < -0.39 is 16.3 Å². The lowest BCUT2D eigenvalue weighted by Gasteiger charge is -2.26. The average molecular weight is 339 g/mol. The van der Waals surface area contributed by atoms with Crippen molar-refractivity contribution < 1.29 is 19.2 Å². The van der Waals surface area contributed by atoms with Gasteiger partial charge in [-0.15, -0.1) is 0 Å². The maximum Gasteiger partial charge on any atom is 0.306 e. The van der Waals surface area contributed by atoms with Gasteiger partial charge in [0.25, 0.3) is 5.69 Å². The van der Waals surface area contributed by atoms with E-state index in [0.29, 0.717) is 11.1 Å². The highest BCUT2D eigenvalue weighted by Crippen LogP contribution is 2.51. The number of benzene rings is 2. The van der Waals surface area contributed by atoms with Crippen LogP contribution in [0.1, 0.15) is 41.8 Å². The monoisotopic (exact) mass is 339 g/mol. The van der Waals surface area contributed by atoms with Crippen molar-refractivity contribution in [2.45, 2.75) is 25.7 Å². The van der Waals surface area contributed by atoms with Crippen LogP contribution in [0.4, 0.5) is 5.69 Å². The Bertz CT molecular complexity index is 853. The maximum atomic E-state index is 12.0. The molecule has 0 spiro atoms. The smallest absolute Gasteiger partial charge is 0.306 e. The van der Waals surface area contributed by atoms with Crippen LogP contribution in [0.15, 0.2) is 36.4 Å². The van der Waals surface area contributed by atoms with Gasteiger partial charge in [-0.3, -0.25) is 19.7 Å². The number of fused-ring (bicyclic) bond motifs is 3. The molecule has 0 radical (unpaired) electrons. The van der Waals surface area contributed by atoms with Crippen molar-refractivity contribution in [2.24, 2.45) is 0 Å². The highest BCUT2D eigenvalue weighted by atomic mass is 16.6. The van der Waals surface area contributed by atoms with Crippen molar-refractivity contribution in [2.75, 3.05) is 7.11 Å². The number of methoxy groups -OCH3 is 1. The summed E-state index contributed by atoms with van der Waals surface area (Å²) in [6.07, 6.45) is 0.0338. The first-order valence-electron chi connectivity index (χ1n) is 7.79. The van der Waals surface area contributed by atoms with Crippen LogP contribution in [0.3, 0.4) is 0 Å². The molecule has 6 heteroatoms. The Morgan fingerprint density at radius 1 is 1.12 bits per heavy atom. The van der Waals surface area contributed by atoms with E-state index in [0.717, 1.165) is 16.7 Å². The quantitative estimate of drug-likeness (QED) is 0.367. The normalized spacial score (nSPS) is 17.6. The molecule has 0 N–H and O–H groups in total. The standard InChI is InChI=1S/C19H17NO5/c1-11(21)12-4-6-14-15-7-5-13(20(23)24)9-17(15)19(2,16(14)8-12)10-18(22)25-3/h4-9H,10H2,1-3H3. The van der Waals surface area contributed by atoms with Crippen molar-refractivity contribution >= 4 is 17.4 Å². The van der Waals surface area contributed by atoms with Gasteiger partial charge in [-0.25, -0.2) is 0 Å². The van der Waals surface area contributed by atoms with Gasteiger partial charge in [0.05, 0.1) is 18.5 Å². The fourth-order valence-electron chi connectivity index (χ4n) is 3.49. The fourth-order valence-corrected chi connectivity index (χ4v) is 3.49. The number of nitrogens with zero attached hydrogens (tertiary/aromatic N) is 1. The van der Waals surface area contributed by atoms with Crippen LogP contribution in [-0.4, -0.2) is 23.8 Å². The van der Waals surface area contributed by atoms with Gasteiger partial charge < -0.3 is 4.74 Å².